The third kappa shape index (κ3) is 4.20. The molecule has 0 aliphatic carbocycles. The molecule has 20 heavy (non-hydrogen) atoms. The lowest BCUT2D eigenvalue weighted by atomic mass is 9.99. The molecule has 0 aromatic heterocycles. The van der Waals surface area contributed by atoms with Crippen LogP contribution in [0.3, 0.4) is 0 Å². The predicted octanol–water partition coefficient (Wildman–Crippen LogP) is 1.74. The minimum absolute atomic E-state index is 0.0718. The van der Waals surface area contributed by atoms with Crippen LogP contribution in [0.5, 0.6) is 0 Å². The molecule has 0 radical (unpaired) electrons. The normalized spacial score (nSPS) is 15.8. The third-order valence-corrected chi connectivity index (χ3v) is 4.34. The van der Waals surface area contributed by atoms with Crippen LogP contribution in [0.4, 0.5) is 0 Å². The fraction of sp³-hybridized carbons (Fsp3) is 0.400. The molecule has 0 spiro atoms. The average Bonchev–Trinajstić information content (AvgIpc) is 2.45. The van der Waals surface area contributed by atoms with Gasteiger partial charge in [0, 0.05) is 25.8 Å². The summed E-state index contributed by atoms with van der Waals surface area (Å²) >= 11 is 0. The van der Waals surface area contributed by atoms with Gasteiger partial charge in [0.05, 0.1) is 5.75 Å². The van der Waals surface area contributed by atoms with Crippen molar-refractivity contribution in [2.45, 2.75) is 12.8 Å². The zero-order valence-electron chi connectivity index (χ0n) is 11.6. The van der Waals surface area contributed by atoms with Crippen molar-refractivity contribution in [3.05, 3.63) is 42.0 Å². The molecule has 1 aromatic carbocycles. The van der Waals surface area contributed by atoms with Crippen molar-refractivity contribution in [2.24, 2.45) is 0 Å². The van der Waals surface area contributed by atoms with Gasteiger partial charge in [0.2, 0.25) is 5.91 Å². The molecule has 1 aromatic rings. The molecule has 1 aliphatic rings. The van der Waals surface area contributed by atoms with E-state index in [4.69, 9.17) is 0 Å². The van der Waals surface area contributed by atoms with Crippen molar-refractivity contribution in [2.75, 3.05) is 25.1 Å². The van der Waals surface area contributed by atoms with Crippen molar-refractivity contribution < 1.29 is 13.2 Å². The van der Waals surface area contributed by atoms with E-state index in [1.165, 1.54) is 11.1 Å². The van der Waals surface area contributed by atoms with Crippen LogP contribution in [-0.4, -0.2) is 44.3 Å². The van der Waals surface area contributed by atoms with Crippen LogP contribution in [0.2, 0.25) is 0 Å². The number of hydrogen-bond acceptors (Lipinski definition) is 3. The Morgan fingerprint density at radius 3 is 2.50 bits per heavy atom. The SMILES string of the molecule is CS(=O)(=O)CCC(=O)N1CC=C(c2ccccc2)CC1. The maximum atomic E-state index is 11.9. The molecular weight excluding hydrogens is 274 g/mol. The summed E-state index contributed by atoms with van der Waals surface area (Å²) in [6.07, 6.45) is 4.10. The molecule has 0 atom stereocenters. The smallest absolute Gasteiger partial charge is 0.223 e. The Morgan fingerprint density at radius 1 is 1.25 bits per heavy atom. The summed E-state index contributed by atoms with van der Waals surface area (Å²) in [5.41, 5.74) is 2.44. The second-order valence-corrected chi connectivity index (χ2v) is 7.32. The summed E-state index contributed by atoms with van der Waals surface area (Å²) in [5, 5.41) is 0. The molecule has 1 aliphatic heterocycles. The van der Waals surface area contributed by atoms with Crippen LogP contribution in [0.25, 0.3) is 5.57 Å². The van der Waals surface area contributed by atoms with Crippen molar-refractivity contribution in [1.29, 1.82) is 0 Å². The molecule has 0 saturated carbocycles. The number of amides is 1. The Kier molecular flexibility index (Phi) is 4.60. The zero-order chi connectivity index (χ0) is 14.6. The summed E-state index contributed by atoms with van der Waals surface area (Å²) in [5.74, 6) is -0.156. The standard InChI is InChI=1S/C15H19NO3S/c1-20(18,19)12-9-15(17)16-10-7-14(8-11-16)13-5-3-2-4-6-13/h2-7H,8-12H2,1H3. The van der Waals surface area contributed by atoms with E-state index in [-0.39, 0.29) is 18.1 Å². The van der Waals surface area contributed by atoms with Gasteiger partial charge >= 0.3 is 0 Å². The molecule has 0 fully saturated rings. The van der Waals surface area contributed by atoms with E-state index >= 15 is 0 Å². The highest BCUT2D eigenvalue weighted by atomic mass is 32.2. The monoisotopic (exact) mass is 293 g/mol. The first-order chi connectivity index (χ1) is 9.46. The van der Waals surface area contributed by atoms with Crippen molar-refractivity contribution in [1.82, 2.24) is 4.90 Å². The van der Waals surface area contributed by atoms with Crippen LogP contribution < -0.4 is 0 Å². The number of hydrogen-bond donors (Lipinski definition) is 0. The largest absolute Gasteiger partial charge is 0.339 e. The Bertz CT molecular complexity index is 605. The topological polar surface area (TPSA) is 54.5 Å². The maximum Gasteiger partial charge on any atom is 0.223 e. The number of carbonyl (C=O) groups excluding carboxylic acids is 1. The van der Waals surface area contributed by atoms with E-state index in [9.17, 15) is 13.2 Å². The molecule has 1 amide bonds. The van der Waals surface area contributed by atoms with Crippen LogP contribution in [0.15, 0.2) is 36.4 Å². The first-order valence-electron chi connectivity index (χ1n) is 6.66. The predicted molar refractivity (Wildman–Crippen MR) is 79.9 cm³/mol. The number of nitrogens with zero attached hydrogens (tertiary/aromatic N) is 1. The van der Waals surface area contributed by atoms with Crippen molar-refractivity contribution >= 4 is 21.3 Å². The van der Waals surface area contributed by atoms with Gasteiger partial charge in [-0.3, -0.25) is 4.79 Å². The molecule has 4 nitrogen and oxygen atoms in total. The minimum Gasteiger partial charge on any atom is -0.339 e. The summed E-state index contributed by atoms with van der Waals surface area (Å²) in [6.45, 7) is 1.22. The highest BCUT2D eigenvalue weighted by Crippen LogP contribution is 2.22. The average molecular weight is 293 g/mol. The van der Waals surface area contributed by atoms with Crippen molar-refractivity contribution in [3.8, 4) is 0 Å². The van der Waals surface area contributed by atoms with Crippen LogP contribution in [-0.2, 0) is 14.6 Å². The summed E-state index contributed by atoms with van der Waals surface area (Å²) in [4.78, 5) is 13.6. The van der Waals surface area contributed by atoms with E-state index in [1.54, 1.807) is 4.90 Å². The second-order valence-electron chi connectivity index (χ2n) is 5.07. The highest BCUT2D eigenvalue weighted by Gasteiger charge is 2.18. The molecule has 5 heteroatoms. The number of sulfone groups is 1. The zero-order valence-corrected chi connectivity index (χ0v) is 12.4. The fourth-order valence-corrected chi connectivity index (χ4v) is 2.79. The Balaban J connectivity index is 1.93. The van der Waals surface area contributed by atoms with Gasteiger partial charge in [-0.2, -0.15) is 0 Å². The van der Waals surface area contributed by atoms with Crippen LogP contribution >= 0.6 is 0 Å². The molecule has 2 rings (SSSR count). The lowest BCUT2D eigenvalue weighted by Gasteiger charge is -2.26. The molecule has 108 valence electrons. The van der Waals surface area contributed by atoms with E-state index in [0.717, 1.165) is 12.7 Å². The minimum atomic E-state index is -3.07. The number of rotatable bonds is 4. The summed E-state index contributed by atoms with van der Waals surface area (Å²) in [7, 11) is -3.07. The lowest BCUT2D eigenvalue weighted by molar-refractivity contribution is -0.130. The number of benzene rings is 1. The highest BCUT2D eigenvalue weighted by molar-refractivity contribution is 7.90. The molecular formula is C15H19NO3S. The van der Waals surface area contributed by atoms with Gasteiger partial charge in [0.15, 0.2) is 0 Å². The van der Waals surface area contributed by atoms with Gasteiger partial charge in [0.1, 0.15) is 9.84 Å². The first kappa shape index (κ1) is 14.8. The summed E-state index contributed by atoms with van der Waals surface area (Å²) < 4.78 is 22.1. The number of carbonyl (C=O) groups is 1. The van der Waals surface area contributed by atoms with E-state index in [1.807, 2.05) is 18.2 Å². The van der Waals surface area contributed by atoms with E-state index in [0.29, 0.717) is 13.1 Å². The molecule has 0 N–H and O–H groups in total. The third-order valence-electron chi connectivity index (χ3n) is 3.39. The maximum absolute atomic E-state index is 11.9. The van der Waals surface area contributed by atoms with Gasteiger partial charge in [-0.1, -0.05) is 36.4 Å². The van der Waals surface area contributed by atoms with E-state index < -0.39 is 9.84 Å². The van der Waals surface area contributed by atoms with Gasteiger partial charge in [0.25, 0.3) is 0 Å². The Hall–Kier alpha value is -1.62. The summed E-state index contributed by atoms with van der Waals surface area (Å²) in [6, 6.07) is 10.1. The second kappa shape index (κ2) is 6.22. The molecule has 0 bridgehead atoms. The van der Waals surface area contributed by atoms with Gasteiger partial charge in [-0.15, -0.1) is 0 Å². The first-order valence-corrected chi connectivity index (χ1v) is 8.72. The Labute approximate surface area is 120 Å². The van der Waals surface area contributed by atoms with Crippen LogP contribution in [0, 0.1) is 0 Å². The van der Waals surface area contributed by atoms with Gasteiger partial charge in [-0.05, 0) is 17.6 Å². The van der Waals surface area contributed by atoms with E-state index in [2.05, 4.69) is 18.2 Å². The lowest BCUT2D eigenvalue weighted by Crippen LogP contribution is -2.35. The van der Waals surface area contributed by atoms with Gasteiger partial charge in [-0.25, -0.2) is 8.42 Å². The quantitative estimate of drug-likeness (QED) is 0.849. The Morgan fingerprint density at radius 2 is 1.95 bits per heavy atom. The molecule has 0 saturated heterocycles. The fourth-order valence-electron chi connectivity index (χ4n) is 2.24. The van der Waals surface area contributed by atoms with Crippen LogP contribution in [0.1, 0.15) is 18.4 Å². The van der Waals surface area contributed by atoms with Gasteiger partial charge < -0.3 is 4.90 Å². The molecule has 0 unspecified atom stereocenters. The molecule has 1 heterocycles. The van der Waals surface area contributed by atoms with Crippen molar-refractivity contribution in [3.63, 3.8) is 0 Å².